The molecule has 4 fully saturated rings. The lowest BCUT2D eigenvalue weighted by atomic mass is 10.1. The number of aliphatic imine (C=N–C) groups is 4. The minimum Gasteiger partial charge on any atom is -0.341 e. The molecule has 12 aliphatic rings. The summed E-state index contributed by atoms with van der Waals surface area (Å²) in [5.41, 5.74) is 21.4. The lowest BCUT2D eigenvalue weighted by Gasteiger charge is -2.36. The average molecular weight is 1930 g/mol. The van der Waals surface area contributed by atoms with Crippen LogP contribution in [-0.4, -0.2) is 196 Å². The van der Waals surface area contributed by atoms with Crippen LogP contribution in [0.15, 0.2) is 343 Å². The maximum atomic E-state index is 13.7. The van der Waals surface area contributed by atoms with Crippen LogP contribution in [0.5, 0.6) is 0 Å². The number of carbonyl (C=O) groups is 4. The van der Waals surface area contributed by atoms with Crippen LogP contribution in [0, 0.1) is 0 Å². The van der Waals surface area contributed by atoms with Gasteiger partial charge in [-0.25, -0.2) is 34.6 Å². The van der Waals surface area contributed by atoms with E-state index in [0.717, 1.165) is 206 Å². The number of carbonyl (C=O) groups excluding carboxylic acids is 4. The molecule has 146 heavy (non-hydrogen) atoms. The van der Waals surface area contributed by atoms with Crippen molar-refractivity contribution < 1.29 is 19.2 Å². The molecule has 0 saturated heterocycles. The van der Waals surface area contributed by atoms with Gasteiger partial charge in [0.2, 0.25) is 23.8 Å². The number of guanidine groups is 4. The molecule has 31 heteroatoms. The second kappa shape index (κ2) is 37.7. The Hall–Kier alpha value is -17.5. The third-order valence-electron chi connectivity index (χ3n) is 30.4. The third-order valence-corrected chi connectivity index (χ3v) is 30.4. The Bertz CT molecular complexity index is 7410. The lowest BCUT2D eigenvalue weighted by molar-refractivity contribution is 0.0857. The van der Waals surface area contributed by atoms with Crippen LogP contribution in [0.2, 0.25) is 0 Å². The van der Waals surface area contributed by atoms with E-state index in [2.05, 4.69) is 200 Å². The number of imidazole rings is 1. The zero-order valence-corrected chi connectivity index (χ0v) is 81.5. The molecular formula is C115H109N27O4. The van der Waals surface area contributed by atoms with Crippen molar-refractivity contribution in [1.82, 2.24) is 72.2 Å². The molecular weight excluding hydrogens is 1820 g/mol. The van der Waals surface area contributed by atoms with Crippen LogP contribution in [-0.2, 0) is 26.2 Å². The van der Waals surface area contributed by atoms with E-state index in [0.29, 0.717) is 67.0 Å². The summed E-state index contributed by atoms with van der Waals surface area (Å²) in [4.78, 5) is 107. The molecule has 8 aromatic heterocycles. The molecule has 16 aromatic rings. The van der Waals surface area contributed by atoms with Crippen molar-refractivity contribution in [3.05, 3.63) is 368 Å². The van der Waals surface area contributed by atoms with Crippen LogP contribution < -0.4 is 40.9 Å². The number of para-hydroxylation sites is 4. The molecule has 31 nitrogen and oxygen atoms in total. The summed E-state index contributed by atoms with van der Waals surface area (Å²) < 4.78 is 12.4. The topological polar surface area (TPSA) is 286 Å². The molecule has 0 bridgehead atoms. The second-order valence-corrected chi connectivity index (χ2v) is 39.3. The number of anilines is 12. The minimum atomic E-state index is -0.0290. The number of hydrogen-bond acceptors (Lipinski definition) is 21. The van der Waals surface area contributed by atoms with E-state index in [9.17, 15) is 19.2 Å². The zero-order chi connectivity index (χ0) is 98.3. The molecule has 0 unspecified atom stereocenters. The van der Waals surface area contributed by atoms with E-state index >= 15 is 0 Å². The molecule has 4 saturated carbocycles. The highest BCUT2D eigenvalue weighted by Gasteiger charge is 2.54. The molecule has 4 aliphatic carbocycles. The standard InChI is InChI=1S/2C30H28N6O.C28H27N7O.C27H26N8O/c1-34-29(37)23-19-35(18-20-13-15-21(16-14-20)24-10-5-6-17-31-24)28(32-22-8-3-2-4-9-22)27(23)36-26-12-7-11-25(26)33-30(34)36;1-34-29(37)27-26(36-25-9-5-8-24(25)33-30(34)36)19-35(28(27)32-23-6-3-2-4-7-23)18-20-10-12-21(13-11-20)22-14-16-31-17-15-22;1-32-27(36)25-24(35-23-9-5-8-22(23)31-28(32)35)17-34(26(25)30-20-6-3-2-4-7-20)16-19-10-12-21(13-11-19)33-15-14-29-18-33;1-32-26(36)24-23(35-22-9-5-8-21(22)31-27(32)35)15-33(25(24)30-19-6-3-2-4-7-19)14-18-10-12-20(13-11-18)34-17-28-16-29-34/h2-6,8-10,13-17,19,25-26,32H,7,11-12,18H2,1H3;2-4,6-7,10-17,19,24-25,32H,5,8-9,18H2,1H3;2-4,6-7,10-15,17-18,22-23,30H,5,8-9,16H2,1H3;2-4,6-7,10-13,15-17,21-22,30H,5,8-9,14H2,1H3/t25-,26+;24-,25+;22-,23+;21-,22+/m1111/s1. The first-order valence-electron chi connectivity index (χ1n) is 50.5. The third kappa shape index (κ3) is 16.4. The van der Waals surface area contributed by atoms with E-state index < -0.39 is 0 Å². The highest BCUT2D eigenvalue weighted by molar-refractivity contribution is 6.25. The van der Waals surface area contributed by atoms with Crippen LogP contribution in [0.4, 0.5) is 68.8 Å². The van der Waals surface area contributed by atoms with E-state index in [4.69, 9.17) is 20.0 Å². The number of pyridine rings is 2. The van der Waals surface area contributed by atoms with Crippen molar-refractivity contribution in [2.45, 2.75) is 152 Å². The summed E-state index contributed by atoms with van der Waals surface area (Å²) in [6.45, 7) is 2.53. The van der Waals surface area contributed by atoms with Gasteiger partial charge in [-0.05, 0) is 207 Å². The molecule has 28 rings (SSSR count). The van der Waals surface area contributed by atoms with Gasteiger partial charge >= 0.3 is 0 Å². The fourth-order valence-corrected chi connectivity index (χ4v) is 23.2. The van der Waals surface area contributed by atoms with Gasteiger partial charge in [-0.1, -0.05) is 152 Å². The first-order chi connectivity index (χ1) is 71.7. The summed E-state index contributed by atoms with van der Waals surface area (Å²) in [6, 6.07) is 86.4. The monoisotopic (exact) mass is 1930 g/mol. The van der Waals surface area contributed by atoms with Gasteiger partial charge in [0.1, 0.15) is 52.6 Å². The van der Waals surface area contributed by atoms with Crippen LogP contribution in [0.25, 0.3) is 33.8 Å². The van der Waals surface area contributed by atoms with Gasteiger partial charge in [-0.15, -0.1) is 0 Å². The number of hydrogen-bond donors (Lipinski definition) is 4. The van der Waals surface area contributed by atoms with E-state index in [1.165, 1.54) is 32.0 Å². The van der Waals surface area contributed by atoms with Crippen molar-refractivity contribution in [3.8, 4) is 33.8 Å². The van der Waals surface area contributed by atoms with Gasteiger partial charge in [-0.2, -0.15) is 5.10 Å². The quantitative estimate of drug-likeness (QED) is 0.0551. The van der Waals surface area contributed by atoms with Crippen LogP contribution in [0.3, 0.4) is 0 Å². The second-order valence-electron chi connectivity index (χ2n) is 39.3. The maximum absolute atomic E-state index is 13.7. The van der Waals surface area contributed by atoms with Gasteiger partial charge in [0, 0.05) is 144 Å². The molecule has 8 atom stereocenters. The molecule has 4 amide bonds. The maximum Gasteiger partial charge on any atom is 0.266 e. The van der Waals surface area contributed by atoms with Gasteiger partial charge < -0.3 is 63.7 Å². The highest BCUT2D eigenvalue weighted by atomic mass is 16.2. The summed E-state index contributed by atoms with van der Waals surface area (Å²) in [7, 11) is 7.37. The zero-order valence-electron chi connectivity index (χ0n) is 81.5. The predicted octanol–water partition coefficient (Wildman–Crippen LogP) is 19.7. The van der Waals surface area contributed by atoms with Gasteiger partial charge in [-0.3, -0.25) is 48.7 Å². The first kappa shape index (κ1) is 89.8. The Morgan fingerprint density at radius 2 is 0.678 bits per heavy atom. The minimum absolute atomic E-state index is 0.00895. The van der Waals surface area contributed by atoms with Gasteiger partial charge in [0.15, 0.2) is 0 Å². The van der Waals surface area contributed by atoms with Crippen molar-refractivity contribution in [2.75, 3.05) is 69.1 Å². The van der Waals surface area contributed by atoms with E-state index in [1.54, 1.807) is 43.1 Å². The van der Waals surface area contributed by atoms with Crippen molar-refractivity contribution in [2.24, 2.45) is 20.0 Å². The molecule has 16 heterocycles. The Morgan fingerprint density at radius 1 is 0.315 bits per heavy atom. The average Bonchev–Trinajstić information content (AvgIpc) is 1.58. The molecule has 728 valence electrons. The van der Waals surface area contributed by atoms with E-state index in [-0.39, 0.29) is 47.8 Å². The van der Waals surface area contributed by atoms with Crippen LogP contribution in [0.1, 0.15) is 141 Å². The predicted molar refractivity (Wildman–Crippen MR) is 571 cm³/mol. The first-order valence-corrected chi connectivity index (χ1v) is 50.5. The van der Waals surface area contributed by atoms with Gasteiger partial charge in [0.25, 0.3) is 23.6 Å². The van der Waals surface area contributed by atoms with Crippen LogP contribution >= 0.6 is 0 Å². The van der Waals surface area contributed by atoms with Gasteiger partial charge in [0.05, 0.1) is 94.4 Å². The number of aromatic nitrogens is 11. The normalized spacial score (nSPS) is 20.1. The smallest absolute Gasteiger partial charge is 0.266 e. The molecule has 8 aliphatic heterocycles. The van der Waals surface area contributed by atoms with Crippen molar-refractivity contribution >= 4 is 116 Å². The summed E-state index contributed by atoms with van der Waals surface area (Å²) in [5, 5.41) is 18.5. The Balaban J connectivity index is 0.000000102. The Labute approximate surface area is 844 Å². The Kier molecular flexibility index (Phi) is 23.2. The van der Waals surface area contributed by atoms with Crippen molar-refractivity contribution in [3.63, 3.8) is 0 Å². The summed E-state index contributed by atoms with van der Waals surface area (Å²) in [5.74, 6) is 6.41. The fraction of sp³-hybridized carbons (Fsp3) is 0.243. The number of nitrogens with one attached hydrogen (secondary N) is 4. The number of benzene rings is 8. The molecule has 0 radical (unpaired) electrons. The summed E-state index contributed by atoms with van der Waals surface area (Å²) >= 11 is 0. The van der Waals surface area contributed by atoms with Crippen molar-refractivity contribution in [1.29, 1.82) is 0 Å². The molecule has 4 N–H and O–H groups in total. The summed E-state index contributed by atoms with van der Waals surface area (Å²) in [6.07, 6.45) is 35.9. The highest BCUT2D eigenvalue weighted by Crippen LogP contribution is 2.51. The fourth-order valence-electron chi connectivity index (χ4n) is 23.2. The SMILES string of the molecule is CN1C(=O)c2c(cn(Cc3ccc(-c4ccncc4)cc3)c2Nc2ccccc2)N2C1=N[C@@H]1CCC[C@@H]12.CN1C(=O)c2c(cn(Cc3ccc(-n4ccnc4)cc3)c2Nc2ccccc2)N2C1=N[C@@H]1CCC[C@@H]12.CN1C(=O)c2c(cn(Cc3ccc(-n4cncn4)cc3)c2Nc2ccccc2)N2C1=N[C@@H]1CCC[C@@H]12.CN1C(=O)c2cn(Cc3ccc(-c4ccccn4)cc3)c(Nc3ccccc3)c2N2C1=N[C@@H]1CCC[C@@H]12. The number of rotatable bonds is 20. The largest absolute Gasteiger partial charge is 0.341 e. The lowest BCUT2D eigenvalue weighted by Crippen LogP contribution is -2.51. The number of amides is 4. The Morgan fingerprint density at radius 3 is 1.07 bits per heavy atom. The number of fused-ring (bicyclic) bond motifs is 20. The van der Waals surface area contributed by atoms with E-state index in [1.807, 2.05) is 215 Å². The molecule has 0 spiro atoms. The number of nitrogens with zero attached hydrogens (tertiary/aromatic N) is 23. The molecule has 8 aromatic carbocycles.